The smallest absolute Gasteiger partial charge is 0.128 e. The fourth-order valence-electron chi connectivity index (χ4n) is 1.05. The van der Waals surface area contributed by atoms with Crippen molar-refractivity contribution in [3.05, 3.63) is 23.3 Å². The first-order valence-electron chi connectivity index (χ1n) is 5.09. The number of rotatable bonds is 2. The molecule has 2 heteroatoms. The zero-order chi connectivity index (χ0) is 10.3. The molecular formula is C11H20N2. The third kappa shape index (κ3) is 3.53. The zero-order valence-electron chi connectivity index (χ0n) is 9.39. The molecule has 0 fully saturated rings. The molecule has 74 valence electrons. The van der Waals surface area contributed by atoms with Crippen molar-refractivity contribution in [1.29, 1.82) is 0 Å². The summed E-state index contributed by atoms with van der Waals surface area (Å²) < 4.78 is 0. The topological polar surface area (TPSA) is 25.8 Å². The van der Waals surface area contributed by atoms with Crippen molar-refractivity contribution in [1.82, 2.24) is 9.97 Å². The SMILES string of the molecule is CC.CCc1ncc(C)c(CC)n1. The highest BCUT2D eigenvalue weighted by Gasteiger charge is 1.98. The number of nitrogens with zero attached hydrogens (tertiary/aromatic N) is 2. The molecule has 0 atom stereocenters. The molecule has 0 radical (unpaired) electrons. The molecule has 1 aromatic heterocycles. The van der Waals surface area contributed by atoms with E-state index >= 15 is 0 Å². The Morgan fingerprint density at radius 1 is 1.15 bits per heavy atom. The maximum absolute atomic E-state index is 4.40. The molecule has 0 aliphatic carbocycles. The molecule has 2 nitrogen and oxygen atoms in total. The molecule has 0 spiro atoms. The predicted molar refractivity (Wildman–Crippen MR) is 56.9 cm³/mol. The van der Waals surface area contributed by atoms with Crippen LogP contribution in [0.1, 0.15) is 44.8 Å². The number of aromatic nitrogens is 2. The Bertz CT molecular complexity index is 244. The van der Waals surface area contributed by atoms with Gasteiger partial charge in [-0.15, -0.1) is 0 Å². The number of hydrogen-bond acceptors (Lipinski definition) is 2. The summed E-state index contributed by atoms with van der Waals surface area (Å²) in [5, 5.41) is 0. The fraction of sp³-hybridized carbons (Fsp3) is 0.636. The summed E-state index contributed by atoms with van der Waals surface area (Å²) in [4.78, 5) is 8.59. The zero-order valence-corrected chi connectivity index (χ0v) is 9.39. The maximum atomic E-state index is 4.40. The molecular weight excluding hydrogens is 160 g/mol. The molecule has 1 aromatic rings. The third-order valence-electron chi connectivity index (χ3n) is 1.78. The molecule has 0 N–H and O–H groups in total. The summed E-state index contributed by atoms with van der Waals surface area (Å²) in [5.41, 5.74) is 2.38. The summed E-state index contributed by atoms with van der Waals surface area (Å²) in [5.74, 6) is 0.951. The molecule has 0 saturated heterocycles. The molecule has 0 saturated carbocycles. The minimum absolute atomic E-state index is 0.924. The summed E-state index contributed by atoms with van der Waals surface area (Å²) in [6.45, 7) is 10.2. The van der Waals surface area contributed by atoms with Gasteiger partial charge < -0.3 is 0 Å². The standard InChI is InChI=1S/C9H14N2.C2H6/c1-4-8-7(3)6-10-9(5-2)11-8;1-2/h6H,4-5H2,1-3H3;1-2H3. The minimum Gasteiger partial charge on any atom is -0.241 e. The highest BCUT2D eigenvalue weighted by atomic mass is 14.9. The van der Waals surface area contributed by atoms with E-state index in [-0.39, 0.29) is 0 Å². The van der Waals surface area contributed by atoms with E-state index in [1.165, 1.54) is 11.3 Å². The maximum Gasteiger partial charge on any atom is 0.128 e. The molecule has 0 unspecified atom stereocenters. The van der Waals surface area contributed by atoms with E-state index in [9.17, 15) is 0 Å². The van der Waals surface area contributed by atoms with E-state index in [4.69, 9.17) is 0 Å². The largest absolute Gasteiger partial charge is 0.241 e. The summed E-state index contributed by atoms with van der Waals surface area (Å²) in [6, 6.07) is 0. The van der Waals surface area contributed by atoms with Gasteiger partial charge in [0.1, 0.15) is 5.82 Å². The van der Waals surface area contributed by atoms with E-state index in [0.717, 1.165) is 18.7 Å². The average molecular weight is 180 g/mol. The monoisotopic (exact) mass is 180 g/mol. The highest BCUT2D eigenvalue weighted by Crippen LogP contribution is 2.04. The van der Waals surface area contributed by atoms with Crippen LogP contribution >= 0.6 is 0 Å². The molecule has 13 heavy (non-hydrogen) atoms. The van der Waals surface area contributed by atoms with Gasteiger partial charge in [0.2, 0.25) is 0 Å². The molecule has 1 heterocycles. The molecule has 0 aliphatic rings. The fourth-order valence-corrected chi connectivity index (χ4v) is 1.05. The van der Waals surface area contributed by atoms with Gasteiger partial charge in [-0.3, -0.25) is 0 Å². The minimum atomic E-state index is 0.924. The van der Waals surface area contributed by atoms with Gasteiger partial charge >= 0.3 is 0 Å². The normalized spacial score (nSPS) is 9.00. The Labute approximate surface area is 81.4 Å². The lowest BCUT2D eigenvalue weighted by atomic mass is 10.2. The second kappa shape index (κ2) is 6.58. The van der Waals surface area contributed by atoms with Crippen LogP contribution in [0, 0.1) is 6.92 Å². The van der Waals surface area contributed by atoms with Crippen molar-refractivity contribution < 1.29 is 0 Å². The Balaban J connectivity index is 0.000000671. The van der Waals surface area contributed by atoms with Gasteiger partial charge in [-0.2, -0.15) is 0 Å². The summed E-state index contributed by atoms with van der Waals surface area (Å²) in [6.07, 6.45) is 3.83. The first-order chi connectivity index (χ1) is 6.27. The first-order valence-corrected chi connectivity index (χ1v) is 5.09. The van der Waals surface area contributed by atoms with Gasteiger partial charge in [-0.25, -0.2) is 9.97 Å². The quantitative estimate of drug-likeness (QED) is 0.699. The van der Waals surface area contributed by atoms with Crippen molar-refractivity contribution in [3.8, 4) is 0 Å². The second-order valence-corrected chi connectivity index (χ2v) is 2.62. The lowest BCUT2D eigenvalue weighted by molar-refractivity contribution is 0.872. The van der Waals surface area contributed by atoms with Gasteiger partial charge in [0.05, 0.1) is 0 Å². The number of hydrogen-bond donors (Lipinski definition) is 0. The van der Waals surface area contributed by atoms with E-state index in [0.29, 0.717) is 0 Å². The van der Waals surface area contributed by atoms with Crippen molar-refractivity contribution >= 4 is 0 Å². The van der Waals surface area contributed by atoms with Crippen molar-refractivity contribution in [2.24, 2.45) is 0 Å². The van der Waals surface area contributed by atoms with E-state index < -0.39 is 0 Å². The van der Waals surface area contributed by atoms with Crippen molar-refractivity contribution in [2.75, 3.05) is 0 Å². The summed E-state index contributed by atoms with van der Waals surface area (Å²) >= 11 is 0. The van der Waals surface area contributed by atoms with Crippen LogP contribution in [-0.4, -0.2) is 9.97 Å². The van der Waals surface area contributed by atoms with Crippen LogP contribution in [0.4, 0.5) is 0 Å². The van der Waals surface area contributed by atoms with Crippen LogP contribution in [0.25, 0.3) is 0 Å². The van der Waals surface area contributed by atoms with E-state index in [1.807, 2.05) is 20.0 Å². The van der Waals surface area contributed by atoms with Crippen molar-refractivity contribution in [3.63, 3.8) is 0 Å². The van der Waals surface area contributed by atoms with Crippen LogP contribution in [0.5, 0.6) is 0 Å². The first kappa shape index (κ1) is 12.1. The molecule has 1 rings (SSSR count). The van der Waals surface area contributed by atoms with E-state index in [1.54, 1.807) is 0 Å². The predicted octanol–water partition coefficient (Wildman–Crippen LogP) is 2.94. The van der Waals surface area contributed by atoms with Crippen molar-refractivity contribution in [2.45, 2.75) is 47.5 Å². The highest BCUT2D eigenvalue weighted by molar-refractivity contribution is 5.15. The molecule has 0 bridgehead atoms. The van der Waals surface area contributed by atoms with Crippen LogP contribution in [0.3, 0.4) is 0 Å². The Morgan fingerprint density at radius 2 is 1.77 bits per heavy atom. The van der Waals surface area contributed by atoms with Gasteiger partial charge in [-0.05, 0) is 18.9 Å². The van der Waals surface area contributed by atoms with Crippen LogP contribution in [0.2, 0.25) is 0 Å². The Kier molecular flexibility index (Phi) is 6.11. The Morgan fingerprint density at radius 3 is 2.23 bits per heavy atom. The molecule has 0 aliphatic heterocycles. The van der Waals surface area contributed by atoms with Gasteiger partial charge in [-0.1, -0.05) is 27.7 Å². The van der Waals surface area contributed by atoms with Crippen LogP contribution < -0.4 is 0 Å². The lowest BCUT2D eigenvalue weighted by Crippen LogP contribution is -1.99. The average Bonchev–Trinajstić information content (AvgIpc) is 2.22. The summed E-state index contributed by atoms with van der Waals surface area (Å²) in [7, 11) is 0. The van der Waals surface area contributed by atoms with E-state index in [2.05, 4.69) is 30.7 Å². The van der Waals surface area contributed by atoms with Crippen LogP contribution in [0.15, 0.2) is 6.20 Å². The van der Waals surface area contributed by atoms with Crippen LogP contribution in [-0.2, 0) is 12.8 Å². The molecule has 0 amide bonds. The van der Waals surface area contributed by atoms with Gasteiger partial charge in [0, 0.05) is 18.3 Å². The molecule has 0 aromatic carbocycles. The number of aryl methyl sites for hydroxylation is 3. The second-order valence-electron chi connectivity index (χ2n) is 2.62. The lowest BCUT2D eigenvalue weighted by Gasteiger charge is -2.02. The van der Waals surface area contributed by atoms with Gasteiger partial charge in [0.25, 0.3) is 0 Å². The third-order valence-corrected chi connectivity index (χ3v) is 1.78. The Hall–Kier alpha value is -0.920. The van der Waals surface area contributed by atoms with Gasteiger partial charge in [0.15, 0.2) is 0 Å².